The van der Waals surface area contributed by atoms with Crippen LogP contribution in [0.2, 0.25) is 0 Å². The van der Waals surface area contributed by atoms with Crippen LogP contribution in [-0.2, 0) is 4.79 Å². The molecule has 1 atom stereocenters. The molecule has 18 heavy (non-hydrogen) atoms. The number of unbranched alkanes of at least 4 members (excludes halogenated alkanes) is 1. The molecule has 4 heteroatoms. The van der Waals surface area contributed by atoms with Gasteiger partial charge in [-0.05, 0) is 24.6 Å². The highest BCUT2D eigenvalue weighted by atomic mass is 32.2. The Morgan fingerprint density at radius 3 is 2.89 bits per heavy atom. The van der Waals surface area contributed by atoms with Crippen molar-refractivity contribution < 1.29 is 14.6 Å². The van der Waals surface area contributed by atoms with Crippen LogP contribution in [0.25, 0.3) is 0 Å². The van der Waals surface area contributed by atoms with Gasteiger partial charge in [-0.15, -0.1) is 11.8 Å². The maximum Gasteiger partial charge on any atom is 0.304 e. The number of ether oxygens (including phenoxy) is 1. The molecule has 100 valence electrons. The lowest BCUT2D eigenvalue weighted by atomic mass is 10.1. The third kappa shape index (κ3) is 5.45. The fraction of sp³-hybridized carbons (Fsp3) is 0.500. The van der Waals surface area contributed by atoms with Gasteiger partial charge in [0.25, 0.3) is 0 Å². The van der Waals surface area contributed by atoms with E-state index < -0.39 is 5.97 Å². The number of thioether (sulfide) groups is 1. The topological polar surface area (TPSA) is 46.5 Å². The maximum absolute atomic E-state index is 10.8. The van der Waals surface area contributed by atoms with E-state index in [1.165, 1.54) is 0 Å². The fourth-order valence-corrected chi connectivity index (χ4v) is 2.93. The molecule has 1 aromatic rings. The number of benzene rings is 1. The van der Waals surface area contributed by atoms with Crippen molar-refractivity contribution >= 4 is 17.7 Å². The highest BCUT2D eigenvalue weighted by Crippen LogP contribution is 2.31. The summed E-state index contributed by atoms with van der Waals surface area (Å²) in [4.78, 5) is 11.9. The molecule has 1 aromatic carbocycles. The molecular formula is C14H20O3S. The van der Waals surface area contributed by atoms with Crippen LogP contribution in [0.15, 0.2) is 29.2 Å². The van der Waals surface area contributed by atoms with E-state index in [1.807, 2.05) is 24.3 Å². The van der Waals surface area contributed by atoms with Crippen LogP contribution in [-0.4, -0.2) is 23.4 Å². The Morgan fingerprint density at radius 2 is 2.28 bits per heavy atom. The van der Waals surface area contributed by atoms with Gasteiger partial charge in [0.1, 0.15) is 5.75 Å². The number of carboxylic acid groups (broad SMARTS) is 1. The molecule has 0 aliphatic rings. The molecule has 1 N–H and O–H groups in total. The first-order chi connectivity index (χ1) is 8.65. The number of rotatable bonds is 8. The second-order valence-corrected chi connectivity index (χ2v) is 5.53. The highest BCUT2D eigenvalue weighted by molar-refractivity contribution is 8.00. The Hall–Kier alpha value is -1.16. The Bertz CT molecular complexity index is 379. The minimum atomic E-state index is -0.730. The van der Waals surface area contributed by atoms with Crippen molar-refractivity contribution in [2.24, 2.45) is 0 Å². The molecule has 0 radical (unpaired) electrons. The number of methoxy groups -OCH3 is 1. The molecule has 0 saturated heterocycles. The lowest BCUT2D eigenvalue weighted by Gasteiger charge is -2.14. The smallest absolute Gasteiger partial charge is 0.304 e. The van der Waals surface area contributed by atoms with E-state index >= 15 is 0 Å². The zero-order valence-corrected chi connectivity index (χ0v) is 11.7. The predicted molar refractivity (Wildman–Crippen MR) is 74.4 cm³/mol. The fourth-order valence-electron chi connectivity index (χ4n) is 1.70. The van der Waals surface area contributed by atoms with Crippen LogP contribution in [0.3, 0.4) is 0 Å². The Kier molecular flexibility index (Phi) is 6.65. The number of hydrogen-bond donors (Lipinski definition) is 1. The highest BCUT2D eigenvalue weighted by Gasteiger charge is 2.14. The molecule has 0 bridgehead atoms. The van der Waals surface area contributed by atoms with E-state index in [2.05, 4.69) is 6.92 Å². The normalized spacial score (nSPS) is 12.1. The van der Waals surface area contributed by atoms with Crippen molar-refractivity contribution in [3.05, 3.63) is 24.3 Å². The van der Waals surface area contributed by atoms with Crippen molar-refractivity contribution in [1.29, 1.82) is 0 Å². The second kappa shape index (κ2) is 8.03. The molecule has 0 aliphatic heterocycles. The molecule has 0 unspecified atom stereocenters. The number of aliphatic carboxylic acids is 1. The summed E-state index contributed by atoms with van der Waals surface area (Å²) in [6.07, 6.45) is 3.30. The first kappa shape index (κ1) is 14.9. The summed E-state index contributed by atoms with van der Waals surface area (Å²) in [5.74, 6) is 0.0797. The van der Waals surface area contributed by atoms with Crippen molar-refractivity contribution in [3.8, 4) is 5.75 Å². The van der Waals surface area contributed by atoms with Crippen molar-refractivity contribution in [2.45, 2.75) is 42.8 Å². The summed E-state index contributed by atoms with van der Waals surface area (Å²) in [5, 5.41) is 9.06. The average Bonchev–Trinajstić information content (AvgIpc) is 2.35. The van der Waals surface area contributed by atoms with E-state index in [4.69, 9.17) is 9.84 Å². The predicted octanol–water partition coefficient (Wildman–Crippen LogP) is 3.82. The molecule has 0 aliphatic carbocycles. The van der Waals surface area contributed by atoms with Gasteiger partial charge in [-0.1, -0.05) is 25.8 Å². The first-order valence-electron chi connectivity index (χ1n) is 6.18. The van der Waals surface area contributed by atoms with Crippen molar-refractivity contribution in [2.75, 3.05) is 7.11 Å². The number of hydrogen-bond acceptors (Lipinski definition) is 3. The van der Waals surface area contributed by atoms with Crippen LogP contribution >= 0.6 is 11.8 Å². The van der Waals surface area contributed by atoms with Crippen LogP contribution in [0, 0.1) is 0 Å². The lowest BCUT2D eigenvalue weighted by molar-refractivity contribution is -0.137. The van der Waals surface area contributed by atoms with Crippen LogP contribution in [0.5, 0.6) is 5.75 Å². The molecule has 0 amide bonds. The maximum atomic E-state index is 10.8. The van der Waals surface area contributed by atoms with Crippen LogP contribution in [0.4, 0.5) is 0 Å². The summed E-state index contributed by atoms with van der Waals surface area (Å²) in [6, 6.07) is 7.76. The van der Waals surface area contributed by atoms with Gasteiger partial charge in [-0.2, -0.15) is 0 Å². The summed E-state index contributed by atoms with van der Waals surface area (Å²) in [7, 11) is 1.63. The van der Waals surface area contributed by atoms with E-state index in [1.54, 1.807) is 18.9 Å². The lowest BCUT2D eigenvalue weighted by Crippen LogP contribution is -2.09. The van der Waals surface area contributed by atoms with Gasteiger partial charge in [0.15, 0.2) is 0 Å². The van der Waals surface area contributed by atoms with Gasteiger partial charge in [0.2, 0.25) is 0 Å². The zero-order chi connectivity index (χ0) is 13.4. The summed E-state index contributed by atoms with van der Waals surface area (Å²) < 4.78 is 5.17. The molecule has 1 rings (SSSR count). The van der Waals surface area contributed by atoms with E-state index in [-0.39, 0.29) is 11.7 Å². The second-order valence-electron chi connectivity index (χ2n) is 4.16. The van der Waals surface area contributed by atoms with E-state index in [0.717, 1.165) is 29.9 Å². The Labute approximate surface area is 113 Å². The Morgan fingerprint density at radius 1 is 1.50 bits per heavy atom. The minimum absolute atomic E-state index is 0.134. The van der Waals surface area contributed by atoms with Gasteiger partial charge in [-0.3, -0.25) is 4.79 Å². The average molecular weight is 268 g/mol. The summed E-state index contributed by atoms with van der Waals surface area (Å²) in [5.41, 5.74) is 0. The molecule has 0 saturated carbocycles. The van der Waals surface area contributed by atoms with Gasteiger partial charge in [-0.25, -0.2) is 0 Å². The largest absolute Gasteiger partial charge is 0.497 e. The van der Waals surface area contributed by atoms with Crippen LogP contribution in [0.1, 0.15) is 32.6 Å². The van der Waals surface area contributed by atoms with E-state index in [9.17, 15) is 4.79 Å². The SMILES string of the molecule is CCCC[C@@H](CC(=O)O)Sc1cccc(OC)c1. The standard InChI is InChI=1S/C14H20O3S/c1-3-4-7-13(10-14(15)16)18-12-8-5-6-11(9-12)17-2/h5-6,8-9,13H,3-4,7,10H2,1-2H3,(H,15,16)/t13-/m0/s1. The molecular weight excluding hydrogens is 248 g/mol. The van der Waals surface area contributed by atoms with Crippen molar-refractivity contribution in [1.82, 2.24) is 0 Å². The molecule has 3 nitrogen and oxygen atoms in total. The zero-order valence-electron chi connectivity index (χ0n) is 10.9. The monoisotopic (exact) mass is 268 g/mol. The van der Waals surface area contributed by atoms with Gasteiger partial charge >= 0.3 is 5.97 Å². The summed E-state index contributed by atoms with van der Waals surface area (Å²) in [6.45, 7) is 2.12. The van der Waals surface area contributed by atoms with Gasteiger partial charge in [0, 0.05) is 10.1 Å². The summed E-state index contributed by atoms with van der Waals surface area (Å²) >= 11 is 1.63. The number of carboxylic acids is 1. The van der Waals surface area contributed by atoms with Gasteiger partial charge in [0.05, 0.1) is 13.5 Å². The molecule has 0 spiro atoms. The third-order valence-electron chi connectivity index (χ3n) is 2.63. The minimum Gasteiger partial charge on any atom is -0.497 e. The van der Waals surface area contributed by atoms with Crippen molar-refractivity contribution in [3.63, 3.8) is 0 Å². The van der Waals surface area contributed by atoms with Gasteiger partial charge < -0.3 is 9.84 Å². The third-order valence-corrected chi connectivity index (χ3v) is 3.89. The molecule has 0 fully saturated rings. The Balaban J connectivity index is 2.65. The first-order valence-corrected chi connectivity index (χ1v) is 7.06. The van der Waals surface area contributed by atoms with Crippen LogP contribution < -0.4 is 4.74 Å². The number of carbonyl (C=O) groups is 1. The molecule has 0 aromatic heterocycles. The molecule has 0 heterocycles. The quantitative estimate of drug-likeness (QED) is 0.728. The van der Waals surface area contributed by atoms with E-state index in [0.29, 0.717) is 0 Å².